The van der Waals surface area contributed by atoms with Gasteiger partial charge in [-0.1, -0.05) is 35.9 Å². The first-order valence-corrected chi connectivity index (χ1v) is 10.1. The van der Waals surface area contributed by atoms with Gasteiger partial charge in [-0.05, 0) is 32.0 Å². The van der Waals surface area contributed by atoms with E-state index < -0.39 is 5.97 Å². The molecule has 6 heteroatoms. The number of ether oxygens (including phenoxy) is 1. The van der Waals surface area contributed by atoms with Gasteiger partial charge in [0.25, 0.3) is 0 Å². The van der Waals surface area contributed by atoms with E-state index in [0.29, 0.717) is 17.2 Å². The molecule has 0 bridgehead atoms. The van der Waals surface area contributed by atoms with E-state index in [2.05, 4.69) is 5.32 Å². The van der Waals surface area contributed by atoms with Gasteiger partial charge in [0.15, 0.2) is 0 Å². The van der Waals surface area contributed by atoms with E-state index in [1.165, 1.54) is 28.7 Å². The van der Waals surface area contributed by atoms with Crippen LogP contribution in [0.5, 0.6) is 0 Å². The third-order valence-electron chi connectivity index (χ3n) is 3.72. The molecular formula is C20H19NO3S2. The molecule has 1 N–H and O–H groups in total. The van der Waals surface area contributed by atoms with E-state index in [-0.39, 0.29) is 11.7 Å². The molecule has 4 nitrogen and oxygen atoms in total. The normalized spacial score (nSPS) is 10.7. The van der Waals surface area contributed by atoms with Crippen LogP contribution in [-0.4, -0.2) is 24.2 Å². The Morgan fingerprint density at radius 1 is 1.12 bits per heavy atom. The number of amides is 1. The lowest BCUT2D eigenvalue weighted by Gasteiger charge is -2.07. The summed E-state index contributed by atoms with van der Waals surface area (Å²) in [6.07, 6.45) is 0. The van der Waals surface area contributed by atoms with Crippen LogP contribution in [0.2, 0.25) is 0 Å². The second-order valence-electron chi connectivity index (χ2n) is 5.67. The zero-order chi connectivity index (χ0) is 18.5. The molecule has 134 valence electrons. The van der Waals surface area contributed by atoms with Crippen LogP contribution in [0.15, 0.2) is 53.4 Å². The van der Waals surface area contributed by atoms with Crippen molar-refractivity contribution in [2.75, 3.05) is 17.7 Å². The third-order valence-corrected chi connectivity index (χ3v) is 5.82. The van der Waals surface area contributed by atoms with E-state index in [4.69, 9.17) is 4.74 Å². The molecule has 0 atom stereocenters. The molecule has 0 saturated carbocycles. The molecule has 1 amide bonds. The first-order chi connectivity index (χ1) is 12.6. The molecular weight excluding hydrogens is 366 g/mol. The molecule has 0 aliphatic heterocycles. The predicted molar refractivity (Wildman–Crippen MR) is 108 cm³/mol. The number of thiophene rings is 1. The summed E-state index contributed by atoms with van der Waals surface area (Å²) in [7, 11) is 0. The second kappa shape index (κ2) is 8.38. The maximum absolute atomic E-state index is 12.4. The highest BCUT2D eigenvalue weighted by molar-refractivity contribution is 8.00. The molecule has 1 heterocycles. The maximum Gasteiger partial charge on any atom is 0.341 e. The van der Waals surface area contributed by atoms with Gasteiger partial charge in [-0.25, -0.2) is 4.79 Å². The molecule has 1 aromatic heterocycles. The molecule has 0 aliphatic rings. The van der Waals surface area contributed by atoms with Crippen molar-refractivity contribution < 1.29 is 14.3 Å². The van der Waals surface area contributed by atoms with Gasteiger partial charge in [0, 0.05) is 15.0 Å². The summed E-state index contributed by atoms with van der Waals surface area (Å²) in [5.41, 5.74) is 1.62. The van der Waals surface area contributed by atoms with Crippen molar-refractivity contribution in [1.82, 2.24) is 0 Å². The number of thioether (sulfide) groups is 1. The highest BCUT2D eigenvalue weighted by atomic mass is 32.2. The van der Waals surface area contributed by atoms with Crippen molar-refractivity contribution in [3.63, 3.8) is 0 Å². The van der Waals surface area contributed by atoms with Gasteiger partial charge in [0.1, 0.15) is 10.6 Å². The first kappa shape index (κ1) is 18.5. The first-order valence-electron chi connectivity index (χ1n) is 8.26. The van der Waals surface area contributed by atoms with Gasteiger partial charge >= 0.3 is 5.97 Å². The fourth-order valence-electron chi connectivity index (χ4n) is 2.49. The van der Waals surface area contributed by atoms with Crippen LogP contribution >= 0.6 is 23.1 Å². The second-order valence-corrected chi connectivity index (χ2v) is 7.77. The zero-order valence-electron chi connectivity index (χ0n) is 14.6. The van der Waals surface area contributed by atoms with Crippen molar-refractivity contribution in [3.8, 4) is 0 Å². The van der Waals surface area contributed by atoms with E-state index >= 15 is 0 Å². The van der Waals surface area contributed by atoms with Crippen LogP contribution in [0.25, 0.3) is 10.1 Å². The van der Waals surface area contributed by atoms with Crippen molar-refractivity contribution >= 4 is 50.1 Å². The topological polar surface area (TPSA) is 55.4 Å². The summed E-state index contributed by atoms with van der Waals surface area (Å²) in [5.74, 6) is -0.279. The Balaban J connectivity index is 1.76. The standard InChI is InChI=1S/C20H19NO3S2/c1-3-24-20(23)18-15-6-4-5-7-16(15)26-19(18)21-17(22)12-25-14-10-8-13(2)9-11-14/h4-11H,3,12H2,1-2H3,(H,21,22). The number of carbonyl (C=O) groups excluding carboxylic acids is 2. The van der Waals surface area contributed by atoms with E-state index in [1.807, 2.05) is 55.5 Å². The number of rotatable bonds is 6. The fourth-order valence-corrected chi connectivity index (χ4v) is 4.29. The van der Waals surface area contributed by atoms with Gasteiger partial charge in [0.05, 0.1) is 12.4 Å². The number of esters is 1. The molecule has 0 spiro atoms. The van der Waals surface area contributed by atoms with Crippen molar-refractivity contribution in [2.45, 2.75) is 18.7 Å². The predicted octanol–water partition coefficient (Wildman–Crippen LogP) is 5.12. The van der Waals surface area contributed by atoms with Crippen LogP contribution in [0.4, 0.5) is 5.00 Å². The highest BCUT2D eigenvalue weighted by Gasteiger charge is 2.21. The zero-order valence-corrected chi connectivity index (χ0v) is 16.2. The lowest BCUT2D eigenvalue weighted by atomic mass is 10.1. The van der Waals surface area contributed by atoms with Gasteiger partial charge in [0.2, 0.25) is 5.91 Å². The highest BCUT2D eigenvalue weighted by Crippen LogP contribution is 2.36. The lowest BCUT2D eigenvalue weighted by Crippen LogP contribution is -2.16. The Labute approximate surface area is 160 Å². The van der Waals surface area contributed by atoms with E-state index in [0.717, 1.165) is 15.0 Å². The molecule has 0 unspecified atom stereocenters. The fraction of sp³-hybridized carbons (Fsp3) is 0.200. The molecule has 0 saturated heterocycles. The maximum atomic E-state index is 12.4. The number of aryl methyl sites for hydroxylation is 1. The quantitative estimate of drug-likeness (QED) is 0.473. The Hall–Kier alpha value is -2.31. The van der Waals surface area contributed by atoms with Crippen LogP contribution in [0.1, 0.15) is 22.8 Å². The summed E-state index contributed by atoms with van der Waals surface area (Å²) in [4.78, 5) is 25.8. The lowest BCUT2D eigenvalue weighted by molar-refractivity contribution is -0.113. The van der Waals surface area contributed by atoms with Crippen molar-refractivity contribution in [1.29, 1.82) is 0 Å². The number of hydrogen-bond donors (Lipinski definition) is 1. The molecule has 0 aliphatic carbocycles. The number of nitrogens with one attached hydrogen (secondary N) is 1. The minimum absolute atomic E-state index is 0.146. The number of fused-ring (bicyclic) bond motifs is 1. The molecule has 3 aromatic rings. The Kier molecular flexibility index (Phi) is 5.96. The smallest absolute Gasteiger partial charge is 0.341 e. The van der Waals surface area contributed by atoms with E-state index in [1.54, 1.807) is 6.92 Å². The molecule has 0 radical (unpaired) electrons. The largest absolute Gasteiger partial charge is 0.462 e. The summed E-state index contributed by atoms with van der Waals surface area (Å²) in [6, 6.07) is 15.6. The van der Waals surface area contributed by atoms with E-state index in [9.17, 15) is 9.59 Å². The summed E-state index contributed by atoms with van der Waals surface area (Å²) >= 11 is 2.85. The Bertz CT molecular complexity index is 932. The molecule has 26 heavy (non-hydrogen) atoms. The Morgan fingerprint density at radius 3 is 2.58 bits per heavy atom. The van der Waals surface area contributed by atoms with Crippen LogP contribution in [-0.2, 0) is 9.53 Å². The van der Waals surface area contributed by atoms with Gasteiger partial charge < -0.3 is 10.1 Å². The average Bonchev–Trinajstić information content (AvgIpc) is 2.99. The molecule has 2 aromatic carbocycles. The van der Waals surface area contributed by atoms with Gasteiger partial charge in [-0.15, -0.1) is 23.1 Å². The summed E-state index contributed by atoms with van der Waals surface area (Å²) in [6.45, 7) is 4.09. The average molecular weight is 386 g/mol. The SMILES string of the molecule is CCOC(=O)c1c(NC(=O)CSc2ccc(C)cc2)sc2ccccc12. The monoisotopic (exact) mass is 385 g/mol. The van der Waals surface area contributed by atoms with Crippen LogP contribution in [0, 0.1) is 6.92 Å². The minimum atomic E-state index is -0.411. The molecule has 3 rings (SSSR count). The number of benzene rings is 2. The number of anilines is 1. The van der Waals surface area contributed by atoms with Gasteiger partial charge in [-0.2, -0.15) is 0 Å². The molecule has 0 fully saturated rings. The number of hydrogen-bond acceptors (Lipinski definition) is 5. The van der Waals surface area contributed by atoms with Crippen LogP contribution < -0.4 is 5.32 Å². The van der Waals surface area contributed by atoms with Crippen molar-refractivity contribution in [2.24, 2.45) is 0 Å². The van der Waals surface area contributed by atoms with Crippen LogP contribution in [0.3, 0.4) is 0 Å². The minimum Gasteiger partial charge on any atom is -0.462 e. The number of carbonyl (C=O) groups is 2. The Morgan fingerprint density at radius 2 is 1.85 bits per heavy atom. The summed E-state index contributed by atoms with van der Waals surface area (Å²) < 4.78 is 6.11. The third kappa shape index (κ3) is 4.26. The van der Waals surface area contributed by atoms with Crippen molar-refractivity contribution in [3.05, 3.63) is 59.7 Å². The van der Waals surface area contributed by atoms with Gasteiger partial charge in [-0.3, -0.25) is 4.79 Å². The summed E-state index contributed by atoms with van der Waals surface area (Å²) in [5, 5.41) is 4.22.